The second-order valence-electron chi connectivity index (χ2n) is 17.8. The van der Waals surface area contributed by atoms with E-state index >= 15 is 0 Å². The van der Waals surface area contributed by atoms with E-state index in [4.69, 9.17) is 16.8 Å². The lowest BCUT2D eigenvalue weighted by Gasteiger charge is -2.45. The number of aliphatic hydroxyl groups is 2. The van der Waals surface area contributed by atoms with Crippen LogP contribution >= 0.6 is 22.7 Å². The van der Waals surface area contributed by atoms with Crippen molar-refractivity contribution in [1.82, 2.24) is 0 Å². The Bertz CT molecular complexity index is 1630. The maximum atomic E-state index is 14.5. The number of carboxylic acids is 2. The summed E-state index contributed by atoms with van der Waals surface area (Å²) in [6.07, 6.45) is 25.3. The van der Waals surface area contributed by atoms with Crippen LogP contribution in [0, 0.1) is 41.1 Å². The fourth-order valence-corrected chi connectivity index (χ4v) is 12.4. The van der Waals surface area contributed by atoms with E-state index < -0.39 is 18.1 Å². The van der Waals surface area contributed by atoms with Crippen LogP contribution in [0.1, 0.15) is 171 Å². The molecule has 0 saturated heterocycles. The number of thiophene rings is 2. The number of halogens is 1. The van der Waals surface area contributed by atoms with E-state index in [1.807, 2.05) is 12.1 Å². The number of carboxylic acid groups (broad SMARTS) is 2. The van der Waals surface area contributed by atoms with Crippen molar-refractivity contribution in [2.45, 2.75) is 180 Å². The van der Waals surface area contributed by atoms with Crippen molar-refractivity contribution < 1.29 is 34.4 Å². The lowest BCUT2D eigenvalue weighted by Crippen LogP contribution is -2.40. The smallest absolute Gasteiger partial charge is 0.345 e. The third-order valence-corrected chi connectivity index (χ3v) is 17.1. The molecule has 4 saturated carbocycles. The van der Waals surface area contributed by atoms with Gasteiger partial charge in [-0.2, -0.15) is 0 Å². The maximum absolute atomic E-state index is 14.5. The van der Waals surface area contributed by atoms with E-state index in [9.17, 15) is 24.2 Å². The van der Waals surface area contributed by atoms with Gasteiger partial charge in [-0.3, -0.25) is 0 Å². The van der Waals surface area contributed by atoms with Crippen LogP contribution in [0.4, 0.5) is 4.39 Å². The van der Waals surface area contributed by atoms with Crippen LogP contribution in [0.5, 0.6) is 0 Å². The Balaban J connectivity index is 0.000000218. The number of aryl methyl sites for hydroxylation is 2. The van der Waals surface area contributed by atoms with Crippen LogP contribution in [0.3, 0.4) is 0 Å². The average molecular weight is 826 g/mol. The normalized spacial score (nSPS) is 27.2. The Morgan fingerprint density at radius 2 is 1.35 bits per heavy atom. The number of hydrogen-bond donors (Lipinski definition) is 4. The van der Waals surface area contributed by atoms with Crippen molar-refractivity contribution in [3.8, 4) is 0 Å². The topological polar surface area (TPSA) is 119 Å². The maximum Gasteiger partial charge on any atom is 0.345 e. The zero-order valence-corrected chi connectivity index (χ0v) is 36.0. The molecule has 8 atom stereocenters. The Labute approximate surface area is 349 Å². The molecule has 2 aromatic rings. The number of aromatic carboxylic acids is 2. The van der Waals surface area contributed by atoms with Crippen LogP contribution in [0.15, 0.2) is 36.4 Å². The minimum absolute atomic E-state index is 0.0672. The summed E-state index contributed by atoms with van der Waals surface area (Å²) in [7, 11) is 0. The number of aliphatic hydroxyl groups excluding tert-OH is 2. The number of carbonyl (C=O) groups is 2. The van der Waals surface area contributed by atoms with Gasteiger partial charge in [0.1, 0.15) is 15.9 Å². The monoisotopic (exact) mass is 825 g/mol. The van der Waals surface area contributed by atoms with E-state index in [1.54, 1.807) is 12.1 Å². The Morgan fingerprint density at radius 3 is 1.84 bits per heavy atom. The molecular weight excluding hydrogens is 758 g/mol. The molecule has 6 rings (SSSR count). The summed E-state index contributed by atoms with van der Waals surface area (Å²) in [5.74, 6) is -0.321. The van der Waals surface area contributed by atoms with Gasteiger partial charge in [0.05, 0.1) is 18.1 Å². The predicted molar refractivity (Wildman–Crippen MR) is 229 cm³/mol. The summed E-state index contributed by atoms with van der Waals surface area (Å²) in [4.78, 5) is 28.9. The average Bonchev–Trinajstić information content (AvgIpc) is 3.97. The molecule has 0 spiro atoms. The second kappa shape index (κ2) is 21.6. The first kappa shape index (κ1) is 45.5. The van der Waals surface area contributed by atoms with Gasteiger partial charge in [0.15, 0.2) is 0 Å². The van der Waals surface area contributed by atoms with Gasteiger partial charge in [0.2, 0.25) is 6.04 Å². The van der Waals surface area contributed by atoms with Gasteiger partial charge in [0, 0.05) is 16.2 Å². The lowest BCUT2D eigenvalue weighted by molar-refractivity contribution is -0.0440. The van der Waals surface area contributed by atoms with Crippen molar-refractivity contribution in [3.63, 3.8) is 0 Å². The van der Waals surface area contributed by atoms with E-state index in [0.29, 0.717) is 34.4 Å². The quantitative estimate of drug-likeness (QED) is 0.0735. The van der Waals surface area contributed by atoms with Crippen molar-refractivity contribution in [3.05, 3.63) is 67.3 Å². The summed E-state index contributed by atoms with van der Waals surface area (Å²) in [6, 6.07) is 7.26. The SMILES string of the molecule is CCC1(C(O)CCC[C@@H]2[C@@H](CCCc3ccc(C(=O)O)s3)CC[C@H]2F)CCC1.[C-]#[N+][C@@H]1CC[C@H](CCCc2ccc(C(=O)O)s2)[C@H]1/C=C/CC(O)C1(CC)CCC1. The molecule has 7 nitrogen and oxygen atoms in total. The van der Waals surface area contributed by atoms with Gasteiger partial charge in [-0.1, -0.05) is 45.3 Å². The highest BCUT2D eigenvalue weighted by molar-refractivity contribution is 7.14. The predicted octanol–water partition coefficient (Wildman–Crippen LogP) is 12.2. The molecule has 2 aromatic heterocycles. The first-order valence-electron chi connectivity index (χ1n) is 22.1. The van der Waals surface area contributed by atoms with Gasteiger partial charge in [0.25, 0.3) is 0 Å². The Hall–Kier alpha value is -2.58. The molecule has 4 aliphatic rings. The van der Waals surface area contributed by atoms with Gasteiger partial charge in [-0.15, -0.1) is 22.7 Å². The zero-order chi connectivity index (χ0) is 41.0. The van der Waals surface area contributed by atoms with Gasteiger partial charge >= 0.3 is 11.9 Å². The molecule has 4 N–H and O–H groups in total. The van der Waals surface area contributed by atoms with Crippen LogP contribution in [-0.2, 0) is 12.8 Å². The molecule has 10 heteroatoms. The first-order chi connectivity index (χ1) is 27.4. The molecule has 0 radical (unpaired) electrons. The largest absolute Gasteiger partial charge is 0.477 e. The van der Waals surface area contributed by atoms with E-state index in [0.717, 1.165) is 125 Å². The summed E-state index contributed by atoms with van der Waals surface area (Å²) in [5.41, 5.74) is 0.286. The highest BCUT2D eigenvalue weighted by Gasteiger charge is 2.43. The molecule has 4 fully saturated rings. The fourth-order valence-electron chi connectivity index (χ4n) is 10.6. The van der Waals surface area contributed by atoms with E-state index in [1.165, 1.54) is 35.5 Å². The first-order valence-corrected chi connectivity index (χ1v) is 23.7. The number of hydrogen-bond acceptors (Lipinski definition) is 6. The Morgan fingerprint density at radius 1 is 0.807 bits per heavy atom. The number of rotatable bonds is 21. The van der Waals surface area contributed by atoms with Crippen LogP contribution < -0.4 is 0 Å². The van der Waals surface area contributed by atoms with Crippen molar-refractivity contribution in [2.24, 2.45) is 34.5 Å². The third-order valence-electron chi connectivity index (χ3n) is 14.9. The Kier molecular flexibility index (Phi) is 17.3. The van der Waals surface area contributed by atoms with E-state index in [2.05, 4.69) is 30.8 Å². The van der Waals surface area contributed by atoms with Crippen molar-refractivity contribution >= 4 is 34.6 Å². The number of alkyl halides is 1. The van der Waals surface area contributed by atoms with E-state index in [-0.39, 0.29) is 40.9 Å². The molecule has 2 unspecified atom stereocenters. The molecule has 0 aliphatic heterocycles. The third kappa shape index (κ3) is 11.8. The molecule has 0 aromatic carbocycles. The minimum Gasteiger partial charge on any atom is -0.477 e. The molecule has 4 aliphatic carbocycles. The molecular formula is C47H68FNO6S2. The summed E-state index contributed by atoms with van der Waals surface area (Å²) >= 11 is 2.72. The fraction of sp³-hybridized carbons (Fsp3) is 0.723. The van der Waals surface area contributed by atoms with Crippen LogP contribution in [0.25, 0.3) is 4.85 Å². The standard InChI is InChI=1S/C24H33NO3S.C23H35FO3S/c1-3-24(15-6-16-24)22(26)10-5-9-19-17(11-13-20(19)25-2)7-4-8-18-12-14-21(29-18)23(27)28;1-2-23(14-5-15-23)21(25)9-4-8-18-16(10-12-19(18)24)6-3-7-17-11-13-20(28-17)22(26)27/h5,9,12,14,17,19-20,22,26H,3-4,6-8,10-11,13,15-16H2,1H3,(H,27,28);11,13,16,18-19,21,25H,2-10,12,14-15H2,1H3,(H,26,27)/b9-5+;/t17-,19+,20+,22?;16-,18+,19+,21?/m00/s1. The highest BCUT2D eigenvalue weighted by atomic mass is 32.1. The number of nitrogens with zero attached hydrogens (tertiary/aromatic N) is 1. The van der Waals surface area contributed by atoms with Gasteiger partial charge in [-0.25, -0.2) is 20.6 Å². The minimum atomic E-state index is -0.860. The highest BCUT2D eigenvalue weighted by Crippen LogP contribution is 2.49. The molecule has 0 amide bonds. The van der Waals surface area contributed by atoms with Gasteiger partial charge < -0.3 is 25.3 Å². The van der Waals surface area contributed by atoms with Crippen LogP contribution in [-0.4, -0.2) is 56.8 Å². The summed E-state index contributed by atoms with van der Waals surface area (Å²) in [6.45, 7) is 11.9. The molecule has 57 heavy (non-hydrogen) atoms. The summed E-state index contributed by atoms with van der Waals surface area (Å²) < 4.78 is 14.5. The van der Waals surface area contributed by atoms with Crippen LogP contribution in [0.2, 0.25) is 0 Å². The molecule has 0 bridgehead atoms. The molecule has 2 heterocycles. The second-order valence-corrected chi connectivity index (χ2v) is 20.2. The van der Waals surface area contributed by atoms with Crippen molar-refractivity contribution in [2.75, 3.05) is 0 Å². The summed E-state index contributed by atoms with van der Waals surface area (Å²) in [5, 5.41) is 39.3. The van der Waals surface area contributed by atoms with Gasteiger partial charge in [-0.05, 0) is 168 Å². The van der Waals surface area contributed by atoms with Crippen molar-refractivity contribution in [1.29, 1.82) is 0 Å². The lowest BCUT2D eigenvalue weighted by atomic mass is 9.62. The zero-order valence-electron chi connectivity index (χ0n) is 34.4. The molecule has 316 valence electrons.